The molecule has 2 aliphatic rings. The number of carbonyl (C=O) groups excluding carboxylic acids is 1. The summed E-state index contributed by atoms with van der Waals surface area (Å²) in [6.07, 6.45) is 2.08. The highest BCUT2D eigenvalue weighted by atomic mass is 16.6. The van der Waals surface area contributed by atoms with E-state index < -0.39 is 6.10 Å². The molecule has 7 nitrogen and oxygen atoms in total. The zero-order valence-electron chi connectivity index (χ0n) is 20.9. The summed E-state index contributed by atoms with van der Waals surface area (Å²) in [5.41, 5.74) is 0.751. The number of nitrogens with zero attached hydrogens (tertiary/aromatic N) is 1. The lowest BCUT2D eigenvalue weighted by atomic mass is 9.89. The maximum absolute atomic E-state index is 13.0. The first-order valence-corrected chi connectivity index (χ1v) is 12.6. The number of carbonyl (C=O) groups is 1. The van der Waals surface area contributed by atoms with Crippen molar-refractivity contribution < 1.29 is 28.8 Å². The molecule has 0 aromatic heterocycles. The van der Waals surface area contributed by atoms with Crippen LogP contribution in [0.3, 0.4) is 0 Å². The second kappa shape index (κ2) is 11.8. The third kappa shape index (κ3) is 6.47. The van der Waals surface area contributed by atoms with Crippen molar-refractivity contribution in [2.75, 3.05) is 33.5 Å². The van der Waals surface area contributed by atoms with Gasteiger partial charge in [-0.3, -0.25) is 9.69 Å². The fourth-order valence-corrected chi connectivity index (χ4v) is 5.02. The monoisotopic (exact) mass is 483 g/mol. The summed E-state index contributed by atoms with van der Waals surface area (Å²) in [4.78, 5) is 15.4. The molecule has 4 atom stereocenters. The zero-order chi connectivity index (χ0) is 24.8. The third-order valence-corrected chi connectivity index (χ3v) is 7.13. The van der Waals surface area contributed by atoms with E-state index in [1.54, 1.807) is 7.11 Å². The molecule has 4 rings (SSSR count). The molecular weight excluding hydrogens is 446 g/mol. The van der Waals surface area contributed by atoms with Crippen LogP contribution < -0.4 is 18.9 Å². The van der Waals surface area contributed by atoms with Gasteiger partial charge < -0.3 is 24.1 Å². The highest BCUT2D eigenvalue weighted by molar-refractivity contribution is 5.78. The van der Waals surface area contributed by atoms with Crippen LogP contribution in [0.2, 0.25) is 0 Å². The Kier molecular flexibility index (Phi) is 8.52. The molecule has 0 saturated carbocycles. The average molecular weight is 484 g/mol. The van der Waals surface area contributed by atoms with E-state index in [0.717, 1.165) is 24.2 Å². The largest absolute Gasteiger partial charge is 0.497 e. The number of likely N-dealkylation sites (tertiary alicyclic amines) is 1. The number of ketones is 1. The summed E-state index contributed by atoms with van der Waals surface area (Å²) < 4.78 is 22.3. The molecule has 1 fully saturated rings. The van der Waals surface area contributed by atoms with Crippen LogP contribution in [0.25, 0.3) is 0 Å². The molecule has 1 N–H and O–H groups in total. The predicted octanol–water partition coefficient (Wildman–Crippen LogP) is 4.42. The van der Waals surface area contributed by atoms with E-state index in [1.807, 2.05) is 42.5 Å². The number of fused-ring (bicyclic) bond motifs is 1. The number of aliphatic hydroxyl groups is 1. The number of methoxy groups -OCH3 is 1. The maximum Gasteiger partial charge on any atom is 0.161 e. The van der Waals surface area contributed by atoms with Crippen LogP contribution >= 0.6 is 0 Å². The molecule has 2 aliphatic heterocycles. The summed E-state index contributed by atoms with van der Waals surface area (Å²) in [6, 6.07) is 13.8. The van der Waals surface area contributed by atoms with E-state index in [9.17, 15) is 9.90 Å². The fourth-order valence-electron chi connectivity index (χ4n) is 5.02. The molecule has 0 spiro atoms. The maximum atomic E-state index is 13.0. The van der Waals surface area contributed by atoms with Gasteiger partial charge in [0.25, 0.3) is 0 Å². The summed E-state index contributed by atoms with van der Waals surface area (Å²) >= 11 is 0. The number of hydrogen-bond acceptors (Lipinski definition) is 7. The van der Waals surface area contributed by atoms with Crippen LogP contribution in [0.15, 0.2) is 42.5 Å². The Morgan fingerprint density at radius 1 is 1.03 bits per heavy atom. The Hall–Kier alpha value is -2.77. The Balaban J connectivity index is 1.41. The second-order valence-corrected chi connectivity index (χ2v) is 9.60. The lowest BCUT2D eigenvalue weighted by Gasteiger charge is -2.33. The van der Waals surface area contributed by atoms with Gasteiger partial charge in [0.2, 0.25) is 0 Å². The van der Waals surface area contributed by atoms with E-state index in [-0.39, 0.29) is 18.1 Å². The highest BCUT2D eigenvalue weighted by Gasteiger charge is 2.33. The number of rotatable bonds is 11. The minimum Gasteiger partial charge on any atom is -0.497 e. The van der Waals surface area contributed by atoms with Crippen molar-refractivity contribution in [1.29, 1.82) is 0 Å². The molecule has 0 amide bonds. The molecule has 2 heterocycles. The van der Waals surface area contributed by atoms with Crippen LogP contribution in [-0.2, 0) is 4.79 Å². The van der Waals surface area contributed by atoms with Gasteiger partial charge in [-0.1, -0.05) is 6.07 Å². The molecule has 35 heavy (non-hydrogen) atoms. The van der Waals surface area contributed by atoms with Crippen LogP contribution in [0.5, 0.6) is 23.0 Å². The highest BCUT2D eigenvalue weighted by Crippen LogP contribution is 2.36. The fraction of sp³-hybridized carbons (Fsp3) is 0.536. The summed E-state index contributed by atoms with van der Waals surface area (Å²) in [7, 11) is 1.62. The van der Waals surface area contributed by atoms with Gasteiger partial charge in [0, 0.05) is 37.4 Å². The minimum absolute atomic E-state index is 0.0830. The standard InChI is InChI=1S/C28H37NO6/c1-19-4-5-20(2)29(19)18-22(28(31)21-6-11-26-27(17-21)35-15-14-34-26)16-23(30)12-13-33-25-9-7-24(32-3)8-10-25/h6-11,17,19-20,22,28,31H,4-5,12-16,18H2,1-3H3/t19-,20+,22-,28-/m1/s1. The van der Waals surface area contributed by atoms with Crippen molar-refractivity contribution in [3.05, 3.63) is 48.0 Å². The minimum atomic E-state index is -0.780. The molecule has 2 aromatic rings. The SMILES string of the molecule is COc1ccc(OCCC(=O)C[C@H](CN2[C@H](C)CC[C@@H]2C)[C@H](O)c2ccc3c(c2)OCCO3)cc1. The summed E-state index contributed by atoms with van der Waals surface area (Å²) in [6.45, 7) is 6.43. The molecule has 0 bridgehead atoms. The van der Waals surface area contributed by atoms with Gasteiger partial charge in [-0.15, -0.1) is 0 Å². The number of hydrogen-bond donors (Lipinski definition) is 1. The Morgan fingerprint density at radius 3 is 2.37 bits per heavy atom. The van der Waals surface area contributed by atoms with Crippen molar-refractivity contribution in [2.45, 2.75) is 57.7 Å². The molecule has 0 radical (unpaired) electrons. The topological polar surface area (TPSA) is 77.5 Å². The van der Waals surface area contributed by atoms with Crippen LogP contribution in [0.4, 0.5) is 0 Å². The van der Waals surface area contributed by atoms with Crippen molar-refractivity contribution in [3.8, 4) is 23.0 Å². The van der Waals surface area contributed by atoms with E-state index in [1.165, 1.54) is 0 Å². The van der Waals surface area contributed by atoms with E-state index >= 15 is 0 Å². The first-order valence-electron chi connectivity index (χ1n) is 12.6. The first kappa shape index (κ1) is 25.3. The van der Waals surface area contributed by atoms with Crippen molar-refractivity contribution in [2.24, 2.45) is 5.92 Å². The molecule has 7 heteroatoms. The van der Waals surface area contributed by atoms with Crippen LogP contribution in [-0.4, -0.2) is 61.3 Å². The smallest absolute Gasteiger partial charge is 0.161 e. The molecular formula is C28H37NO6. The number of benzene rings is 2. The van der Waals surface area contributed by atoms with Gasteiger partial charge in [-0.05, 0) is 68.7 Å². The first-order chi connectivity index (χ1) is 16.9. The Labute approximate surface area is 207 Å². The zero-order valence-corrected chi connectivity index (χ0v) is 20.9. The lowest BCUT2D eigenvalue weighted by Crippen LogP contribution is -2.39. The Morgan fingerprint density at radius 2 is 1.69 bits per heavy atom. The molecule has 1 saturated heterocycles. The predicted molar refractivity (Wildman–Crippen MR) is 133 cm³/mol. The molecule has 0 unspecified atom stereocenters. The Bertz CT molecular complexity index is 968. The number of Topliss-reactive ketones (excluding diaryl/α,β-unsaturated/α-hetero) is 1. The van der Waals surface area contributed by atoms with Gasteiger partial charge in [0.1, 0.15) is 30.5 Å². The normalized spacial score (nSPS) is 21.4. The second-order valence-electron chi connectivity index (χ2n) is 9.60. The van der Waals surface area contributed by atoms with E-state index in [0.29, 0.717) is 62.1 Å². The average Bonchev–Trinajstić information content (AvgIpc) is 3.20. The van der Waals surface area contributed by atoms with Gasteiger partial charge in [0.15, 0.2) is 11.5 Å². The molecule has 2 aromatic carbocycles. The van der Waals surface area contributed by atoms with Crippen molar-refractivity contribution in [3.63, 3.8) is 0 Å². The van der Waals surface area contributed by atoms with E-state index in [4.69, 9.17) is 18.9 Å². The molecule has 190 valence electrons. The van der Waals surface area contributed by atoms with E-state index in [2.05, 4.69) is 18.7 Å². The van der Waals surface area contributed by atoms with Gasteiger partial charge in [-0.25, -0.2) is 0 Å². The van der Waals surface area contributed by atoms with Crippen molar-refractivity contribution >= 4 is 5.78 Å². The third-order valence-electron chi connectivity index (χ3n) is 7.13. The van der Waals surface area contributed by atoms with Gasteiger partial charge >= 0.3 is 0 Å². The summed E-state index contributed by atoms with van der Waals surface area (Å²) in [5.74, 6) is 2.65. The number of aliphatic hydroxyl groups excluding tert-OH is 1. The van der Waals surface area contributed by atoms with Crippen LogP contribution in [0, 0.1) is 5.92 Å². The van der Waals surface area contributed by atoms with Crippen molar-refractivity contribution in [1.82, 2.24) is 4.90 Å². The van der Waals surface area contributed by atoms with Crippen LogP contribution in [0.1, 0.15) is 51.2 Å². The van der Waals surface area contributed by atoms with Gasteiger partial charge in [0.05, 0.1) is 19.8 Å². The summed E-state index contributed by atoms with van der Waals surface area (Å²) in [5, 5.41) is 11.4. The lowest BCUT2D eigenvalue weighted by molar-refractivity contribution is -0.121. The quantitative estimate of drug-likeness (QED) is 0.507. The molecule has 0 aliphatic carbocycles. The number of ether oxygens (including phenoxy) is 4. The van der Waals surface area contributed by atoms with Gasteiger partial charge in [-0.2, -0.15) is 0 Å².